The lowest BCUT2D eigenvalue weighted by Gasteiger charge is -2.38. The number of nitrogens with one attached hydrogen (secondary N) is 1. The van der Waals surface area contributed by atoms with Crippen molar-refractivity contribution >= 4 is 5.96 Å². The van der Waals surface area contributed by atoms with E-state index in [1.807, 2.05) is 7.05 Å². The van der Waals surface area contributed by atoms with Crippen LogP contribution in [0.1, 0.15) is 39.0 Å². The summed E-state index contributed by atoms with van der Waals surface area (Å²) >= 11 is 0. The van der Waals surface area contributed by atoms with E-state index >= 15 is 0 Å². The Labute approximate surface area is 148 Å². The number of rotatable bonds is 2. The van der Waals surface area contributed by atoms with Crippen molar-refractivity contribution in [3.8, 4) is 0 Å². The maximum atomic E-state index is 4.59. The minimum atomic E-state index is 0.575. The predicted octanol–water partition coefficient (Wildman–Crippen LogP) is 1.71. The van der Waals surface area contributed by atoms with Gasteiger partial charge < -0.3 is 15.1 Å². The van der Waals surface area contributed by atoms with E-state index in [0.29, 0.717) is 11.5 Å². The summed E-state index contributed by atoms with van der Waals surface area (Å²) in [6.45, 7) is 9.27. The van der Waals surface area contributed by atoms with Gasteiger partial charge in [-0.15, -0.1) is 0 Å². The van der Waals surface area contributed by atoms with Crippen molar-refractivity contribution in [2.45, 2.75) is 45.1 Å². The third-order valence-corrected chi connectivity index (χ3v) is 6.76. The van der Waals surface area contributed by atoms with Gasteiger partial charge in [-0.05, 0) is 44.7 Å². The van der Waals surface area contributed by atoms with Crippen molar-refractivity contribution in [2.75, 3.05) is 60.4 Å². The monoisotopic (exact) mass is 335 g/mol. The Morgan fingerprint density at radius 2 is 1.88 bits per heavy atom. The molecule has 1 spiro atoms. The highest BCUT2D eigenvalue weighted by atomic mass is 15.3. The third kappa shape index (κ3) is 4.05. The van der Waals surface area contributed by atoms with E-state index in [4.69, 9.17) is 0 Å². The fourth-order valence-corrected chi connectivity index (χ4v) is 4.76. The molecule has 24 heavy (non-hydrogen) atoms. The largest absolute Gasteiger partial charge is 0.355 e. The molecule has 3 aliphatic rings. The van der Waals surface area contributed by atoms with Gasteiger partial charge in [-0.2, -0.15) is 0 Å². The number of hydrogen-bond acceptors (Lipinski definition) is 3. The molecule has 5 heteroatoms. The average Bonchev–Trinajstić information content (AvgIpc) is 2.98. The van der Waals surface area contributed by atoms with E-state index in [0.717, 1.165) is 31.5 Å². The van der Waals surface area contributed by atoms with E-state index in [2.05, 4.69) is 46.0 Å². The first-order valence-electron chi connectivity index (χ1n) is 9.86. The Bertz CT molecular complexity index is 441. The van der Waals surface area contributed by atoms with Gasteiger partial charge in [0, 0.05) is 52.4 Å². The zero-order valence-corrected chi connectivity index (χ0v) is 16.2. The fraction of sp³-hybridized carbons (Fsp3) is 0.947. The molecule has 5 nitrogen and oxygen atoms in total. The number of aliphatic imine (C=N–C) groups is 1. The summed E-state index contributed by atoms with van der Waals surface area (Å²) in [7, 11) is 6.41. The van der Waals surface area contributed by atoms with Crippen LogP contribution in [0.3, 0.4) is 0 Å². The Kier molecular flexibility index (Phi) is 5.70. The summed E-state index contributed by atoms with van der Waals surface area (Å²) in [5.74, 6) is 2.05. The number of likely N-dealkylation sites (tertiary alicyclic amines) is 1. The summed E-state index contributed by atoms with van der Waals surface area (Å²) in [6, 6.07) is 0.576. The molecular weight excluding hydrogens is 298 g/mol. The average molecular weight is 336 g/mol. The molecule has 138 valence electrons. The van der Waals surface area contributed by atoms with Crippen molar-refractivity contribution in [1.29, 1.82) is 0 Å². The molecule has 0 aromatic rings. The van der Waals surface area contributed by atoms with E-state index in [1.165, 1.54) is 51.7 Å². The Morgan fingerprint density at radius 3 is 2.58 bits per heavy atom. The zero-order chi connectivity index (χ0) is 17.2. The summed E-state index contributed by atoms with van der Waals surface area (Å²) in [5, 5.41) is 3.67. The Hall–Kier alpha value is -0.810. The quantitative estimate of drug-likeness (QED) is 0.615. The summed E-state index contributed by atoms with van der Waals surface area (Å²) < 4.78 is 0. The van der Waals surface area contributed by atoms with Crippen molar-refractivity contribution in [3.05, 3.63) is 0 Å². The Balaban J connectivity index is 1.52. The van der Waals surface area contributed by atoms with Gasteiger partial charge in [0.25, 0.3) is 0 Å². The van der Waals surface area contributed by atoms with E-state index < -0.39 is 0 Å². The van der Waals surface area contributed by atoms with Gasteiger partial charge in [0.1, 0.15) is 0 Å². The normalized spacial score (nSPS) is 36.5. The molecule has 0 aromatic carbocycles. The van der Waals surface area contributed by atoms with Crippen LogP contribution in [0.25, 0.3) is 0 Å². The van der Waals surface area contributed by atoms with Gasteiger partial charge in [0.05, 0.1) is 0 Å². The molecule has 0 unspecified atom stereocenters. The highest BCUT2D eigenvalue weighted by Gasteiger charge is 2.41. The smallest absolute Gasteiger partial charge is 0.193 e. The summed E-state index contributed by atoms with van der Waals surface area (Å²) in [5.41, 5.74) is 0.575. The van der Waals surface area contributed by atoms with Crippen LogP contribution in [0.5, 0.6) is 0 Å². The molecule has 1 aliphatic carbocycles. The molecule has 3 fully saturated rings. The van der Waals surface area contributed by atoms with Crippen molar-refractivity contribution in [3.63, 3.8) is 0 Å². The lowest BCUT2D eigenvalue weighted by molar-refractivity contribution is 0.116. The fourth-order valence-electron chi connectivity index (χ4n) is 4.76. The van der Waals surface area contributed by atoms with Crippen molar-refractivity contribution in [2.24, 2.45) is 16.3 Å². The molecule has 2 heterocycles. The summed E-state index contributed by atoms with van der Waals surface area (Å²) in [6.07, 6.45) is 7.01. The molecule has 1 saturated carbocycles. The number of hydrogen-bond donors (Lipinski definition) is 1. The predicted molar refractivity (Wildman–Crippen MR) is 102 cm³/mol. The first kappa shape index (κ1) is 18.0. The van der Waals surface area contributed by atoms with Gasteiger partial charge >= 0.3 is 0 Å². The SMILES string of the molecule is CN=C(NC[C@@H]1CN(C)CCN1C)N1CCC2(CCC(C)CC2)C1. The standard InChI is InChI=1S/C19H37N5/c1-16-5-7-19(8-6-16)9-10-24(15-19)18(20-2)21-13-17-14-22(3)11-12-23(17)4/h16-17H,5-15H2,1-4H3,(H,20,21)/t16?,17-,19?/m1/s1. The molecule has 0 bridgehead atoms. The Morgan fingerprint density at radius 1 is 1.12 bits per heavy atom. The minimum Gasteiger partial charge on any atom is -0.355 e. The molecule has 2 saturated heterocycles. The number of piperazine rings is 1. The van der Waals surface area contributed by atoms with Gasteiger partial charge in [-0.1, -0.05) is 19.8 Å². The maximum absolute atomic E-state index is 4.59. The molecule has 3 rings (SSSR count). The second-order valence-corrected chi connectivity index (χ2v) is 8.68. The molecular formula is C19H37N5. The lowest BCUT2D eigenvalue weighted by Crippen LogP contribution is -2.55. The second-order valence-electron chi connectivity index (χ2n) is 8.68. The highest BCUT2D eigenvalue weighted by molar-refractivity contribution is 5.80. The van der Waals surface area contributed by atoms with E-state index in [-0.39, 0.29) is 0 Å². The van der Waals surface area contributed by atoms with Gasteiger partial charge in [0.15, 0.2) is 5.96 Å². The van der Waals surface area contributed by atoms with Gasteiger partial charge in [-0.3, -0.25) is 9.89 Å². The van der Waals surface area contributed by atoms with Crippen molar-refractivity contribution < 1.29 is 0 Å². The molecule has 0 aromatic heterocycles. The topological polar surface area (TPSA) is 34.1 Å². The molecule has 0 amide bonds. The first-order chi connectivity index (χ1) is 11.5. The van der Waals surface area contributed by atoms with E-state index in [9.17, 15) is 0 Å². The minimum absolute atomic E-state index is 0.575. The van der Waals surface area contributed by atoms with Crippen LogP contribution in [0.15, 0.2) is 4.99 Å². The van der Waals surface area contributed by atoms with Gasteiger partial charge in [0.2, 0.25) is 0 Å². The van der Waals surface area contributed by atoms with Crippen molar-refractivity contribution in [1.82, 2.24) is 20.0 Å². The second kappa shape index (κ2) is 7.61. The van der Waals surface area contributed by atoms with E-state index in [1.54, 1.807) is 0 Å². The zero-order valence-electron chi connectivity index (χ0n) is 16.2. The maximum Gasteiger partial charge on any atom is 0.193 e. The molecule has 2 aliphatic heterocycles. The number of nitrogens with zero attached hydrogens (tertiary/aromatic N) is 4. The molecule has 1 N–H and O–H groups in total. The van der Waals surface area contributed by atoms with Crippen LogP contribution in [0.2, 0.25) is 0 Å². The molecule has 1 atom stereocenters. The van der Waals surface area contributed by atoms with Crippen LogP contribution < -0.4 is 5.32 Å². The van der Waals surface area contributed by atoms with Crippen LogP contribution in [0.4, 0.5) is 0 Å². The first-order valence-corrected chi connectivity index (χ1v) is 9.86. The third-order valence-electron chi connectivity index (χ3n) is 6.76. The number of guanidine groups is 1. The van der Waals surface area contributed by atoms with Crippen LogP contribution in [0, 0.1) is 11.3 Å². The highest BCUT2D eigenvalue weighted by Crippen LogP contribution is 2.45. The summed E-state index contributed by atoms with van der Waals surface area (Å²) in [4.78, 5) is 12.0. The number of likely N-dealkylation sites (N-methyl/N-ethyl adjacent to an activating group) is 2. The lowest BCUT2D eigenvalue weighted by atomic mass is 9.70. The van der Waals surface area contributed by atoms with Gasteiger partial charge in [-0.25, -0.2) is 0 Å². The van der Waals surface area contributed by atoms with Crippen LogP contribution in [-0.2, 0) is 0 Å². The molecule has 0 radical (unpaired) electrons. The van der Waals surface area contributed by atoms with Crippen LogP contribution in [-0.4, -0.2) is 87.1 Å². The van der Waals surface area contributed by atoms with Crippen LogP contribution >= 0.6 is 0 Å².